The van der Waals surface area contributed by atoms with Crippen molar-refractivity contribution in [1.29, 1.82) is 0 Å². The number of aromatic nitrogens is 3. The van der Waals surface area contributed by atoms with Crippen LogP contribution in [0.4, 0.5) is 0 Å². The van der Waals surface area contributed by atoms with Crippen molar-refractivity contribution in [2.24, 2.45) is 5.92 Å². The number of carbonyl (C=O) groups excluding carboxylic acids is 2. The molecule has 1 saturated heterocycles. The number of carbonyl (C=O) groups is 2. The van der Waals surface area contributed by atoms with Crippen molar-refractivity contribution < 1.29 is 9.59 Å². The van der Waals surface area contributed by atoms with Crippen LogP contribution in [0.3, 0.4) is 0 Å². The van der Waals surface area contributed by atoms with Gasteiger partial charge < -0.3 is 14.4 Å². The van der Waals surface area contributed by atoms with E-state index in [0.717, 1.165) is 16.7 Å². The Morgan fingerprint density at radius 3 is 2.82 bits per heavy atom. The van der Waals surface area contributed by atoms with E-state index in [1.807, 2.05) is 47.0 Å². The molecular weight excluding hydrogens is 354 g/mol. The molecule has 0 saturated carbocycles. The number of imidazole rings is 1. The van der Waals surface area contributed by atoms with E-state index in [2.05, 4.69) is 9.97 Å². The fraction of sp³-hybridized carbons (Fsp3) is 0.333. The predicted octanol–water partition coefficient (Wildman–Crippen LogP) is 1.94. The first-order valence-electron chi connectivity index (χ1n) is 9.44. The largest absolute Gasteiger partial charge is 0.344 e. The lowest BCUT2D eigenvalue weighted by Gasteiger charge is -2.21. The fourth-order valence-corrected chi connectivity index (χ4v) is 3.65. The fourth-order valence-electron chi connectivity index (χ4n) is 3.65. The van der Waals surface area contributed by atoms with Gasteiger partial charge in [-0.05, 0) is 24.3 Å². The minimum Gasteiger partial charge on any atom is -0.344 e. The zero-order valence-corrected chi connectivity index (χ0v) is 15.9. The number of pyridine rings is 1. The van der Waals surface area contributed by atoms with E-state index in [9.17, 15) is 9.59 Å². The molecule has 1 aromatic carbocycles. The topological polar surface area (TPSA) is 71.3 Å². The Morgan fingerprint density at radius 2 is 2.00 bits per heavy atom. The van der Waals surface area contributed by atoms with Crippen LogP contribution >= 0.6 is 0 Å². The molecule has 2 amide bonds. The second kappa shape index (κ2) is 7.80. The molecule has 7 heteroatoms. The van der Waals surface area contributed by atoms with Crippen LogP contribution < -0.4 is 0 Å². The average molecular weight is 377 g/mol. The maximum absolute atomic E-state index is 12.8. The second-order valence-corrected chi connectivity index (χ2v) is 7.18. The van der Waals surface area contributed by atoms with Crippen molar-refractivity contribution in [2.45, 2.75) is 19.5 Å². The summed E-state index contributed by atoms with van der Waals surface area (Å²) < 4.78 is 2.05. The summed E-state index contributed by atoms with van der Waals surface area (Å²) in [5.41, 5.74) is 2.84. The number of hydrogen-bond donors (Lipinski definition) is 0. The molecule has 0 bridgehead atoms. The lowest BCUT2D eigenvalue weighted by molar-refractivity contribution is -0.134. The van der Waals surface area contributed by atoms with Gasteiger partial charge in [0.05, 0.1) is 35.5 Å². The Hall–Kier alpha value is -3.22. The van der Waals surface area contributed by atoms with Crippen LogP contribution in [0.2, 0.25) is 0 Å². The van der Waals surface area contributed by atoms with Gasteiger partial charge in [-0.2, -0.15) is 0 Å². The summed E-state index contributed by atoms with van der Waals surface area (Å²) in [7, 11) is 1.80. The number of nitrogens with zero attached hydrogens (tertiary/aromatic N) is 5. The maximum Gasteiger partial charge on any atom is 0.227 e. The van der Waals surface area contributed by atoms with Crippen molar-refractivity contribution in [2.75, 3.05) is 20.1 Å². The van der Waals surface area contributed by atoms with Crippen molar-refractivity contribution >= 4 is 22.8 Å². The van der Waals surface area contributed by atoms with Crippen LogP contribution in [0.25, 0.3) is 11.0 Å². The first-order valence-corrected chi connectivity index (χ1v) is 9.44. The number of hydrogen-bond acceptors (Lipinski definition) is 4. The molecule has 2 aromatic heterocycles. The standard InChI is InChI=1S/C21H23N5O2/c1-24(10-11-25-15-23-18-7-2-3-8-19(18)25)21(28)16-12-20(27)26(13-16)14-17-6-4-5-9-22-17/h2-9,15-16H,10-14H2,1H3. The monoisotopic (exact) mass is 377 g/mol. The Kier molecular flexibility index (Phi) is 5.06. The number of likely N-dealkylation sites (tertiary alicyclic amines) is 1. The number of para-hydroxylation sites is 2. The number of likely N-dealkylation sites (N-methyl/N-ethyl adjacent to an activating group) is 1. The molecule has 144 valence electrons. The molecule has 0 spiro atoms. The number of fused-ring (bicyclic) bond motifs is 1. The SMILES string of the molecule is CN(CCn1cnc2ccccc21)C(=O)C1CC(=O)N(Cc2ccccn2)C1. The summed E-state index contributed by atoms with van der Waals surface area (Å²) in [6.07, 6.45) is 3.78. The van der Waals surface area contributed by atoms with E-state index in [1.54, 1.807) is 29.4 Å². The number of amides is 2. The summed E-state index contributed by atoms with van der Waals surface area (Å²) in [6.45, 7) is 2.14. The van der Waals surface area contributed by atoms with Gasteiger partial charge in [0.1, 0.15) is 0 Å². The molecule has 1 aliphatic rings. The summed E-state index contributed by atoms with van der Waals surface area (Å²) in [4.78, 5) is 37.2. The van der Waals surface area contributed by atoms with E-state index < -0.39 is 0 Å². The number of benzene rings is 1. The smallest absolute Gasteiger partial charge is 0.227 e. The molecule has 7 nitrogen and oxygen atoms in total. The van der Waals surface area contributed by atoms with Crippen molar-refractivity contribution in [1.82, 2.24) is 24.3 Å². The van der Waals surface area contributed by atoms with Crippen LogP contribution in [0.5, 0.6) is 0 Å². The molecule has 1 unspecified atom stereocenters. The van der Waals surface area contributed by atoms with Gasteiger partial charge in [0.2, 0.25) is 11.8 Å². The Bertz CT molecular complexity index is 985. The van der Waals surface area contributed by atoms with E-state index in [0.29, 0.717) is 26.2 Å². The third-order valence-corrected chi connectivity index (χ3v) is 5.22. The lowest BCUT2D eigenvalue weighted by Crippen LogP contribution is -2.36. The lowest BCUT2D eigenvalue weighted by atomic mass is 10.1. The van der Waals surface area contributed by atoms with Gasteiger partial charge in [0.15, 0.2) is 0 Å². The molecule has 0 radical (unpaired) electrons. The highest BCUT2D eigenvalue weighted by atomic mass is 16.2. The Balaban J connectivity index is 1.34. The van der Waals surface area contributed by atoms with Crippen LogP contribution in [-0.4, -0.2) is 56.3 Å². The highest BCUT2D eigenvalue weighted by Crippen LogP contribution is 2.21. The van der Waals surface area contributed by atoms with E-state index in [1.165, 1.54) is 0 Å². The first kappa shape index (κ1) is 18.2. The van der Waals surface area contributed by atoms with Gasteiger partial charge in [0, 0.05) is 39.3 Å². The van der Waals surface area contributed by atoms with Gasteiger partial charge in [-0.3, -0.25) is 14.6 Å². The van der Waals surface area contributed by atoms with Crippen molar-refractivity contribution in [3.8, 4) is 0 Å². The highest BCUT2D eigenvalue weighted by molar-refractivity contribution is 5.89. The average Bonchev–Trinajstić information content (AvgIpc) is 3.30. The molecule has 0 aliphatic carbocycles. The van der Waals surface area contributed by atoms with Gasteiger partial charge in [0.25, 0.3) is 0 Å². The summed E-state index contributed by atoms with van der Waals surface area (Å²) in [5, 5.41) is 0. The molecule has 1 fully saturated rings. The second-order valence-electron chi connectivity index (χ2n) is 7.18. The minimum absolute atomic E-state index is 0.0120. The number of rotatable bonds is 6. The maximum atomic E-state index is 12.8. The third kappa shape index (κ3) is 3.74. The Morgan fingerprint density at radius 1 is 1.18 bits per heavy atom. The third-order valence-electron chi connectivity index (χ3n) is 5.22. The van der Waals surface area contributed by atoms with Crippen LogP contribution in [0, 0.1) is 5.92 Å². The normalized spacial score (nSPS) is 16.7. The summed E-state index contributed by atoms with van der Waals surface area (Å²) >= 11 is 0. The van der Waals surface area contributed by atoms with Crippen molar-refractivity contribution in [3.05, 3.63) is 60.7 Å². The van der Waals surface area contributed by atoms with Crippen LogP contribution in [-0.2, 0) is 22.7 Å². The van der Waals surface area contributed by atoms with E-state index in [4.69, 9.17) is 0 Å². The zero-order chi connectivity index (χ0) is 19.5. The zero-order valence-electron chi connectivity index (χ0n) is 15.9. The first-order chi connectivity index (χ1) is 13.6. The molecule has 28 heavy (non-hydrogen) atoms. The molecular formula is C21H23N5O2. The van der Waals surface area contributed by atoms with Crippen LogP contribution in [0.15, 0.2) is 55.0 Å². The van der Waals surface area contributed by atoms with Gasteiger partial charge in [-0.25, -0.2) is 4.98 Å². The van der Waals surface area contributed by atoms with E-state index in [-0.39, 0.29) is 24.2 Å². The van der Waals surface area contributed by atoms with Crippen molar-refractivity contribution in [3.63, 3.8) is 0 Å². The summed E-state index contributed by atoms with van der Waals surface area (Å²) in [6, 6.07) is 13.6. The van der Waals surface area contributed by atoms with Gasteiger partial charge in [-0.1, -0.05) is 18.2 Å². The highest BCUT2D eigenvalue weighted by Gasteiger charge is 2.35. The molecule has 4 rings (SSSR count). The summed E-state index contributed by atoms with van der Waals surface area (Å²) in [5.74, 6) is -0.264. The minimum atomic E-state index is -0.291. The predicted molar refractivity (Wildman–Crippen MR) is 105 cm³/mol. The van der Waals surface area contributed by atoms with E-state index >= 15 is 0 Å². The quantitative estimate of drug-likeness (QED) is 0.658. The van der Waals surface area contributed by atoms with Crippen LogP contribution in [0.1, 0.15) is 12.1 Å². The Labute approximate surface area is 163 Å². The molecule has 0 N–H and O–H groups in total. The van der Waals surface area contributed by atoms with Gasteiger partial charge >= 0.3 is 0 Å². The molecule has 3 aromatic rings. The molecule has 1 atom stereocenters. The molecule has 1 aliphatic heterocycles. The van der Waals surface area contributed by atoms with Gasteiger partial charge in [-0.15, -0.1) is 0 Å². The molecule has 3 heterocycles.